The van der Waals surface area contributed by atoms with E-state index in [1.54, 1.807) is 12.1 Å². The fourth-order valence-electron chi connectivity index (χ4n) is 1.78. The van der Waals surface area contributed by atoms with Gasteiger partial charge in [-0.1, -0.05) is 41.4 Å². The van der Waals surface area contributed by atoms with Crippen molar-refractivity contribution in [1.29, 1.82) is 0 Å². The van der Waals surface area contributed by atoms with E-state index in [9.17, 15) is 4.79 Å². The molecule has 0 atom stereocenters. The Labute approximate surface area is 135 Å². The molecule has 1 aromatic heterocycles. The molecule has 2 aromatic rings. The zero-order chi connectivity index (χ0) is 14.7. The van der Waals surface area contributed by atoms with Crippen molar-refractivity contribution in [2.75, 3.05) is 6.61 Å². The van der Waals surface area contributed by atoms with Crippen LogP contribution < -0.4 is 4.74 Å². The Bertz CT molecular complexity index is 622. The second-order valence-electron chi connectivity index (χ2n) is 4.65. The summed E-state index contributed by atoms with van der Waals surface area (Å²) < 4.78 is 7.29. The van der Waals surface area contributed by atoms with Gasteiger partial charge in [0.2, 0.25) is 5.78 Å². The van der Waals surface area contributed by atoms with E-state index in [0.717, 1.165) is 15.8 Å². The van der Waals surface area contributed by atoms with E-state index in [0.29, 0.717) is 15.1 Å². The number of rotatable bonds is 5. The number of benzene rings is 1. The van der Waals surface area contributed by atoms with E-state index < -0.39 is 0 Å². The van der Waals surface area contributed by atoms with Crippen molar-refractivity contribution in [3.8, 4) is 5.75 Å². The molecule has 1 aromatic carbocycles. The molecular formula is C15H14BrClO2S. The van der Waals surface area contributed by atoms with Crippen LogP contribution in [0, 0.1) is 0 Å². The largest absolute Gasteiger partial charge is 0.485 e. The van der Waals surface area contributed by atoms with E-state index in [4.69, 9.17) is 16.3 Å². The molecule has 0 unspecified atom stereocenters. The highest BCUT2D eigenvalue weighted by atomic mass is 79.9. The van der Waals surface area contributed by atoms with Gasteiger partial charge in [-0.3, -0.25) is 4.79 Å². The number of carbonyl (C=O) groups is 1. The number of hydrogen-bond acceptors (Lipinski definition) is 3. The molecule has 0 bridgehead atoms. The Morgan fingerprint density at radius 3 is 2.70 bits per heavy atom. The van der Waals surface area contributed by atoms with Gasteiger partial charge in [0.1, 0.15) is 5.75 Å². The van der Waals surface area contributed by atoms with Crippen LogP contribution in [0.1, 0.15) is 35.0 Å². The van der Waals surface area contributed by atoms with E-state index in [-0.39, 0.29) is 12.4 Å². The standard InChI is InChI=1S/C15H14BrClO2S/c1-9(2)11-7-10(16)3-4-13(11)19-8-12(18)14-5-6-15(17)20-14/h3-7,9H,8H2,1-2H3. The molecule has 0 spiro atoms. The lowest BCUT2D eigenvalue weighted by Crippen LogP contribution is -2.11. The molecule has 20 heavy (non-hydrogen) atoms. The van der Waals surface area contributed by atoms with Crippen LogP contribution in [0.5, 0.6) is 5.75 Å². The van der Waals surface area contributed by atoms with Crippen molar-refractivity contribution in [3.05, 3.63) is 49.6 Å². The molecule has 0 amide bonds. The number of Topliss-reactive ketones (excluding diaryl/α,β-unsaturated/α-hetero) is 1. The molecule has 106 valence electrons. The maximum Gasteiger partial charge on any atom is 0.210 e. The first kappa shape index (κ1) is 15.5. The normalized spacial score (nSPS) is 10.8. The summed E-state index contributed by atoms with van der Waals surface area (Å²) in [5.74, 6) is 1.02. The summed E-state index contributed by atoms with van der Waals surface area (Å²) in [4.78, 5) is 12.6. The first-order chi connectivity index (χ1) is 9.47. The van der Waals surface area contributed by atoms with Gasteiger partial charge in [-0.25, -0.2) is 0 Å². The van der Waals surface area contributed by atoms with Crippen molar-refractivity contribution >= 4 is 44.7 Å². The van der Waals surface area contributed by atoms with Crippen LogP contribution in [0.2, 0.25) is 4.34 Å². The van der Waals surface area contributed by atoms with Gasteiger partial charge in [-0.2, -0.15) is 0 Å². The highest BCUT2D eigenvalue weighted by molar-refractivity contribution is 9.10. The zero-order valence-electron chi connectivity index (χ0n) is 11.2. The summed E-state index contributed by atoms with van der Waals surface area (Å²) in [6.07, 6.45) is 0. The monoisotopic (exact) mass is 372 g/mol. The smallest absolute Gasteiger partial charge is 0.210 e. The van der Waals surface area contributed by atoms with Crippen LogP contribution in [0.4, 0.5) is 0 Å². The molecule has 0 fully saturated rings. The third kappa shape index (κ3) is 3.84. The van der Waals surface area contributed by atoms with Crippen molar-refractivity contribution < 1.29 is 9.53 Å². The number of ketones is 1. The molecule has 5 heteroatoms. The molecule has 0 aliphatic rings. The number of thiophene rings is 1. The third-order valence-corrected chi connectivity index (χ3v) is 4.57. The fraction of sp³-hybridized carbons (Fsp3) is 0.267. The minimum Gasteiger partial charge on any atom is -0.485 e. The number of carbonyl (C=O) groups excluding carboxylic acids is 1. The van der Waals surface area contributed by atoms with Crippen molar-refractivity contribution in [2.24, 2.45) is 0 Å². The fourth-order valence-corrected chi connectivity index (χ4v) is 3.13. The summed E-state index contributed by atoms with van der Waals surface area (Å²) >= 11 is 10.5. The van der Waals surface area contributed by atoms with Crippen LogP contribution in [-0.2, 0) is 0 Å². The maximum absolute atomic E-state index is 12.0. The molecule has 0 N–H and O–H groups in total. The van der Waals surface area contributed by atoms with E-state index in [1.807, 2.05) is 18.2 Å². The average Bonchev–Trinajstić information content (AvgIpc) is 2.83. The molecule has 0 radical (unpaired) electrons. The Balaban J connectivity index is 2.09. The molecular weight excluding hydrogens is 360 g/mol. The Kier molecular flexibility index (Phi) is 5.24. The summed E-state index contributed by atoms with van der Waals surface area (Å²) in [5, 5.41) is 0. The van der Waals surface area contributed by atoms with Crippen LogP contribution in [-0.4, -0.2) is 12.4 Å². The summed E-state index contributed by atoms with van der Waals surface area (Å²) in [7, 11) is 0. The molecule has 2 nitrogen and oxygen atoms in total. The van der Waals surface area contributed by atoms with E-state index in [1.165, 1.54) is 11.3 Å². The number of hydrogen-bond donors (Lipinski definition) is 0. The maximum atomic E-state index is 12.0. The topological polar surface area (TPSA) is 26.3 Å². The quantitative estimate of drug-likeness (QED) is 0.642. The lowest BCUT2D eigenvalue weighted by atomic mass is 10.0. The van der Waals surface area contributed by atoms with Crippen molar-refractivity contribution in [1.82, 2.24) is 0 Å². The van der Waals surface area contributed by atoms with Crippen LogP contribution >= 0.6 is 38.9 Å². The summed E-state index contributed by atoms with van der Waals surface area (Å²) in [6.45, 7) is 4.21. The predicted octanol–water partition coefficient (Wildman–Crippen LogP) is 5.55. The van der Waals surface area contributed by atoms with Gasteiger partial charge in [-0.15, -0.1) is 11.3 Å². The first-order valence-corrected chi connectivity index (χ1v) is 8.17. The molecule has 2 rings (SSSR count). The predicted molar refractivity (Wildman–Crippen MR) is 87.4 cm³/mol. The van der Waals surface area contributed by atoms with Gasteiger partial charge < -0.3 is 4.74 Å². The second-order valence-corrected chi connectivity index (χ2v) is 7.28. The molecule has 0 aliphatic carbocycles. The van der Waals surface area contributed by atoms with Crippen LogP contribution in [0.25, 0.3) is 0 Å². The van der Waals surface area contributed by atoms with Gasteiger partial charge in [0.15, 0.2) is 6.61 Å². The highest BCUT2D eigenvalue weighted by Gasteiger charge is 2.13. The number of halogens is 2. The van der Waals surface area contributed by atoms with Gasteiger partial charge in [-0.05, 0) is 41.8 Å². The van der Waals surface area contributed by atoms with Crippen LogP contribution in [0.3, 0.4) is 0 Å². The lowest BCUT2D eigenvalue weighted by molar-refractivity contribution is 0.0924. The SMILES string of the molecule is CC(C)c1cc(Br)ccc1OCC(=O)c1ccc(Cl)s1. The van der Waals surface area contributed by atoms with Gasteiger partial charge in [0.25, 0.3) is 0 Å². The molecule has 0 saturated heterocycles. The summed E-state index contributed by atoms with van der Waals surface area (Å²) in [5.41, 5.74) is 1.08. The van der Waals surface area contributed by atoms with Gasteiger partial charge in [0, 0.05) is 4.47 Å². The van der Waals surface area contributed by atoms with E-state index in [2.05, 4.69) is 29.8 Å². The Morgan fingerprint density at radius 2 is 2.10 bits per heavy atom. The van der Waals surface area contributed by atoms with Crippen LogP contribution in [0.15, 0.2) is 34.8 Å². The average molecular weight is 374 g/mol. The third-order valence-electron chi connectivity index (χ3n) is 2.80. The lowest BCUT2D eigenvalue weighted by Gasteiger charge is -2.13. The van der Waals surface area contributed by atoms with Gasteiger partial charge >= 0.3 is 0 Å². The molecule has 0 aliphatic heterocycles. The van der Waals surface area contributed by atoms with Gasteiger partial charge in [0.05, 0.1) is 9.21 Å². The summed E-state index contributed by atoms with van der Waals surface area (Å²) in [6, 6.07) is 9.26. The minimum absolute atomic E-state index is 0.0260. The van der Waals surface area contributed by atoms with Crippen molar-refractivity contribution in [3.63, 3.8) is 0 Å². The highest BCUT2D eigenvalue weighted by Crippen LogP contribution is 2.30. The zero-order valence-corrected chi connectivity index (χ0v) is 14.3. The minimum atomic E-state index is -0.0560. The molecule has 0 saturated carbocycles. The molecule has 1 heterocycles. The Hall–Kier alpha value is -0.840. The first-order valence-electron chi connectivity index (χ1n) is 6.18. The second kappa shape index (κ2) is 6.74. The van der Waals surface area contributed by atoms with E-state index >= 15 is 0 Å². The Morgan fingerprint density at radius 1 is 1.35 bits per heavy atom. The number of ether oxygens (including phenoxy) is 1. The van der Waals surface area contributed by atoms with Crippen molar-refractivity contribution in [2.45, 2.75) is 19.8 Å².